The van der Waals surface area contributed by atoms with Crippen LogP contribution in [0.1, 0.15) is 50.5 Å². The van der Waals surface area contributed by atoms with Crippen molar-refractivity contribution < 1.29 is 14.3 Å². The molecule has 5 nitrogen and oxygen atoms in total. The second-order valence-electron chi connectivity index (χ2n) is 7.45. The lowest BCUT2D eigenvalue weighted by Crippen LogP contribution is -2.52. The lowest BCUT2D eigenvalue weighted by atomic mass is 9.76. The van der Waals surface area contributed by atoms with Gasteiger partial charge in [0, 0.05) is 58.8 Å². The highest BCUT2D eigenvalue weighted by molar-refractivity contribution is 5.77. The number of likely N-dealkylation sites (tertiary alicyclic amines) is 1. The number of piperidine rings is 1. The number of fused-ring (bicyclic) bond motifs is 1. The van der Waals surface area contributed by atoms with Gasteiger partial charge in [-0.15, -0.1) is 0 Å². The van der Waals surface area contributed by atoms with Crippen molar-refractivity contribution in [2.24, 2.45) is 0 Å². The van der Waals surface area contributed by atoms with Crippen LogP contribution in [0.4, 0.5) is 0 Å². The second kappa shape index (κ2) is 7.06. The molecule has 2 aliphatic heterocycles. The van der Waals surface area contributed by atoms with E-state index in [9.17, 15) is 9.59 Å². The standard InChI is InChI=1S/C20H28N2O3/c1-4-18(23)22-11-9-20(10-12-22)14-15(13-19(24)21(2)3)16-7-5-6-8-17(16)25-20/h5-8,15H,4,9-14H2,1-3H3/t15-/m1/s1. The van der Waals surface area contributed by atoms with Crippen LogP contribution in [0.5, 0.6) is 5.75 Å². The molecule has 1 fully saturated rings. The summed E-state index contributed by atoms with van der Waals surface area (Å²) in [5.74, 6) is 1.44. The van der Waals surface area contributed by atoms with Crippen LogP contribution in [0.15, 0.2) is 24.3 Å². The topological polar surface area (TPSA) is 49.9 Å². The van der Waals surface area contributed by atoms with Gasteiger partial charge >= 0.3 is 0 Å². The van der Waals surface area contributed by atoms with Crippen LogP contribution in [0.25, 0.3) is 0 Å². The molecule has 1 aromatic carbocycles. The molecule has 0 radical (unpaired) electrons. The summed E-state index contributed by atoms with van der Waals surface area (Å²) in [6.07, 6.45) is 3.57. The van der Waals surface area contributed by atoms with Crippen molar-refractivity contribution >= 4 is 11.8 Å². The number of nitrogens with zero attached hydrogens (tertiary/aromatic N) is 2. The first kappa shape index (κ1) is 17.8. The SMILES string of the molecule is CCC(=O)N1CCC2(CC1)C[C@@H](CC(=O)N(C)C)c1ccccc1O2. The quantitative estimate of drug-likeness (QED) is 0.847. The number of hydrogen-bond donors (Lipinski definition) is 0. The molecule has 1 aromatic rings. The molecule has 2 amide bonds. The summed E-state index contributed by atoms with van der Waals surface area (Å²) in [6, 6.07) is 8.08. The van der Waals surface area contributed by atoms with Gasteiger partial charge in [-0.3, -0.25) is 9.59 Å². The predicted octanol–water partition coefficient (Wildman–Crippen LogP) is 2.80. The third-order valence-corrected chi connectivity index (χ3v) is 5.55. The van der Waals surface area contributed by atoms with Gasteiger partial charge in [0.05, 0.1) is 0 Å². The molecule has 25 heavy (non-hydrogen) atoms. The molecule has 1 atom stereocenters. The maximum absolute atomic E-state index is 12.3. The maximum Gasteiger partial charge on any atom is 0.222 e. The zero-order valence-electron chi connectivity index (χ0n) is 15.5. The smallest absolute Gasteiger partial charge is 0.222 e. The Morgan fingerprint density at radius 1 is 1.24 bits per heavy atom. The summed E-state index contributed by atoms with van der Waals surface area (Å²) in [7, 11) is 3.61. The summed E-state index contributed by atoms with van der Waals surface area (Å²) in [5.41, 5.74) is 0.881. The van der Waals surface area contributed by atoms with Crippen molar-refractivity contribution in [1.82, 2.24) is 9.80 Å². The monoisotopic (exact) mass is 344 g/mol. The van der Waals surface area contributed by atoms with Gasteiger partial charge < -0.3 is 14.5 Å². The van der Waals surface area contributed by atoms with Gasteiger partial charge in [-0.25, -0.2) is 0 Å². The van der Waals surface area contributed by atoms with Gasteiger partial charge in [0.1, 0.15) is 11.4 Å². The fourth-order valence-electron chi connectivity index (χ4n) is 4.01. The van der Waals surface area contributed by atoms with E-state index in [1.807, 2.05) is 30.0 Å². The molecule has 0 unspecified atom stereocenters. The van der Waals surface area contributed by atoms with Crippen molar-refractivity contribution in [2.75, 3.05) is 27.2 Å². The summed E-state index contributed by atoms with van der Waals surface area (Å²) < 4.78 is 6.43. The highest BCUT2D eigenvalue weighted by Gasteiger charge is 2.44. The van der Waals surface area contributed by atoms with Crippen LogP contribution in [-0.4, -0.2) is 54.4 Å². The minimum Gasteiger partial charge on any atom is -0.487 e. The van der Waals surface area contributed by atoms with Gasteiger partial charge in [0.2, 0.25) is 11.8 Å². The highest BCUT2D eigenvalue weighted by atomic mass is 16.5. The number of ether oxygens (including phenoxy) is 1. The normalized spacial score (nSPS) is 21.4. The van der Waals surface area contributed by atoms with Gasteiger partial charge in [-0.05, 0) is 18.1 Å². The molecule has 1 spiro atoms. The van der Waals surface area contributed by atoms with E-state index in [0.29, 0.717) is 12.8 Å². The van der Waals surface area contributed by atoms with Crippen LogP contribution >= 0.6 is 0 Å². The summed E-state index contributed by atoms with van der Waals surface area (Å²) in [4.78, 5) is 27.9. The lowest BCUT2D eigenvalue weighted by Gasteiger charge is -2.47. The van der Waals surface area contributed by atoms with E-state index >= 15 is 0 Å². The van der Waals surface area contributed by atoms with Gasteiger partial charge in [0.15, 0.2) is 0 Å². The average molecular weight is 344 g/mol. The van der Waals surface area contributed by atoms with Crippen molar-refractivity contribution in [2.45, 2.75) is 50.5 Å². The third kappa shape index (κ3) is 3.65. The lowest BCUT2D eigenvalue weighted by molar-refractivity contribution is -0.135. The van der Waals surface area contributed by atoms with E-state index in [1.165, 1.54) is 0 Å². The largest absolute Gasteiger partial charge is 0.487 e. The molecule has 2 aliphatic rings. The van der Waals surface area contributed by atoms with E-state index in [4.69, 9.17) is 4.74 Å². The molecule has 1 saturated heterocycles. The highest BCUT2D eigenvalue weighted by Crippen LogP contribution is 2.46. The zero-order valence-corrected chi connectivity index (χ0v) is 15.5. The Morgan fingerprint density at radius 3 is 2.56 bits per heavy atom. The van der Waals surface area contributed by atoms with Crippen molar-refractivity contribution in [3.05, 3.63) is 29.8 Å². The molecule has 3 rings (SSSR count). The van der Waals surface area contributed by atoms with E-state index < -0.39 is 0 Å². The molecule has 0 bridgehead atoms. The van der Waals surface area contributed by atoms with Crippen molar-refractivity contribution in [3.8, 4) is 5.75 Å². The molecule has 0 N–H and O–H groups in total. The third-order valence-electron chi connectivity index (χ3n) is 5.55. The van der Waals surface area contributed by atoms with Crippen molar-refractivity contribution in [3.63, 3.8) is 0 Å². The fourth-order valence-corrected chi connectivity index (χ4v) is 4.01. The van der Waals surface area contributed by atoms with Crippen LogP contribution in [0, 0.1) is 0 Å². The predicted molar refractivity (Wildman–Crippen MR) is 96.6 cm³/mol. The first-order chi connectivity index (χ1) is 11.9. The fraction of sp³-hybridized carbons (Fsp3) is 0.600. The van der Waals surface area contributed by atoms with Crippen LogP contribution in [-0.2, 0) is 9.59 Å². The zero-order chi connectivity index (χ0) is 18.0. The number of rotatable bonds is 3. The average Bonchev–Trinajstić information content (AvgIpc) is 2.61. The minimum absolute atomic E-state index is 0.149. The molecule has 0 saturated carbocycles. The van der Waals surface area contributed by atoms with E-state index in [1.54, 1.807) is 19.0 Å². The van der Waals surface area contributed by atoms with Crippen molar-refractivity contribution in [1.29, 1.82) is 0 Å². The Labute approximate surface area is 149 Å². The van der Waals surface area contributed by atoms with Gasteiger partial charge in [0.25, 0.3) is 0 Å². The Kier molecular flexibility index (Phi) is 5.02. The van der Waals surface area contributed by atoms with Crippen LogP contribution < -0.4 is 4.74 Å². The molecule has 5 heteroatoms. The number of benzene rings is 1. The first-order valence-electron chi connectivity index (χ1n) is 9.20. The number of amides is 2. The molecule has 136 valence electrons. The van der Waals surface area contributed by atoms with Gasteiger partial charge in [-0.2, -0.15) is 0 Å². The summed E-state index contributed by atoms with van der Waals surface area (Å²) in [5, 5.41) is 0. The molecule has 0 aliphatic carbocycles. The van der Waals surface area contributed by atoms with E-state index in [0.717, 1.165) is 43.7 Å². The molecule has 2 heterocycles. The Hall–Kier alpha value is -2.04. The Bertz CT molecular complexity index is 648. The number of carbonyl (C=O) groups excluding carboxylic acids is 2. The molecule has 0 aromatic heterocycles. The number of carbonyl (C=O) groups is 2. The number of hydrogen-bond acceptors (Lipinski definition) is 3. The Balaban J connectivity index is 1.80. The van der Waals surface area contributed by atoms with E-state index in [-0.39, 0.29) is 23.3 Å². The minimum atomic E-state index is -0.254. The van der Waals surface area contributed by atoms with Crippen LogP contribution in [0.2, 0.25) is 0 Å². The molecular weight excluding hydrogens is 316 g/mol. The van der Waals surface area contributed by atoms with Gasteiger partial charge in [-0.1, -0.05) is 25.1 Å². The molecular formula is C20H28N2O3. The Morgan fingerprint density at radius 2 is 1.92 bits per heavy atom. The van der Waals surface area contributed by atoms with Crippen LogP contribution in [0.3, 0.4) is 0 Å². The number of para-hydroxylation sites is 1. The van der Waals surface area contributed by atoms with E-state index in [2.05, 4.69) is 6.07 Å². The first-order valence-corrected chi connectivity index (χ1v) is 9.20. The summed E-state index contributed by atoms with van der Waals surface area (Å²) in [6.45, 7) is 3.38. The second-order valence-corrected chi connectivity index (χ2v) is 7.45. The summed E-state index contributed by atoms with van der Waals surface area (Å²) >= 11 is 0. The maximum atomic E-state index is 12.3.